The molecule has 0 aliphatic carbocycles. The van der Waals surface area contributed by atoms with Gasteiger partial charge in [-0.15, -0.1) is 0 Å². The minimum Gasteiger partial charge on any atom is -0.370 e. The SMILES string of the molecule is CN(C(=O)c1cncc(N2CCC3(CC2)OCCO3)c1)c1ccccc1. The summed E-state index contributed by atoms with van der Waals surface area (Å²) in [5.41, 5.74) is 2.41. The molecule has 0 N–H and O–H groups in total. The maximum absolute atomic E-state index is 12.8. The van der Waals surface area contributed by atoms with E-state index in [1.165, 1.54) is 0 Å². The van der Waals surface area contributed by atoms with Crippen molar-refractivity contribution in [3.63, 3.8) is 0 Å². The number of anilines is 2. The fraction of sp³-hybridized carbons (Fsp3) is 0.400. The van der Waals surface area contributed by atoms with E-state index < -0.39 is 5.79 Å². The van der Waals surface area contributed by atoms with Crippen molar-refractivity contribution in [1.82, 2.24) is 4.98 Å². The lowest BCUT2D eigenvalue weighted by Gasteiger charge is -2.38. The molecule has 1 aromatic heterocycles. The number of rotatable bonds is 3. The highest BCUT2D eigenvalue weighted by atomic mass is 16.7. The normalized spacial score (nSPS) is 18.9. The van der Waals surface area contributed by atoms with Gasteiger partial charge in [-0.05, 0) is 18.2 Å². The number of benzene rings is 1. The molecule has 2 saturated heterocycles. The predicted molar refractivity (Wildman–Crippen MR) is 99.5 cm³/mol. The van der Waals surface area contributed by atoms with Crippen LogP contribution < -0.4 is 9.80 Å². The second-order valence-electron chi connectivity index (χ2n) is 6.73. The molecule has 1 spiro atoms. The molecule has 2 fully saturated rings. The van der Waals surface area contributed by atoms with Gasteiger partial charge in [0.2, 0.25) is 0 Å². The minimum absolute atomic E-state index is 0.0681. The second kappa shape index (κ2) is 7.05. The molecule has 1 aromatic carbocycles. The summed E-state index contributed by atoms with van der Waals surface area (Å²) in [4.78, 5) is 21.0. The molecule has 0 radical (unpaired) electrons. The molecule has 6 heteroatoms. The van der Waals surface area contributed by atoms with Gasteiger partial charge in [0.1, 0.15) is 0 Å². The van der Waals surface area contributed by atoms with Crippen molar-refractivity contribution in [2.24, 2.45) is 0 Å². The summed E-state index contributed by atoms with van der Waals surface area (Å²) in [6.45, 7) is 3.01. The Balaban J connectivity index is 1.47. The minimum atomic E-state index is -0.398. The molecule has 4 rings (SSSR count). The van der Waals surface area contributed by atoms with Crippen LogP contribution in [0.2, 0.25) is 0 Å². The van der Waals surface area contributed by atoms with Gasteiger partial charge >= 0.3 is 0 Å². The highest BCUT2D eigenvalue weighted by Crippen LogP contribution is 2.33. The third-order valence-corrected chi connectivity index (χ3v) is 5.12. The Labute approximate surface area is 153 Å². The molecule has 0 saturated carbocycles. The number of aromatic nitrogens is 1. The molecular formula is C20H23N3O3. The Bertz CT molecular complexity index is 765. The summed E-state index contributed by atoms with van der Waals surface area (Å²) < 4.78 is 11.6. The number of piperidine rings is 1. The summed E-state index contributed by atoms with van der Waals surface area (Å²) in [5.74, 6) is -0.466. The Morgan fingerprint density at radius 1 is 1.12 bits per heavy atom. The van der Waals surface area contributed by atoms with Gasteiger partial charge in [-0.2, -0.15) is 0 Å². The number of pyridine rings is 1. The zero-order valence-electron chi connectivity index (χ0n) is 14.9. The molecule has 0 atom stereocenters. The number of hydrogen-bond acceptors (Lipinski definition) is 5. The Kier molecular flexibility index (Phi) is 4.61. The molecule has 2 aliphatic heterocycles. The molecule has 2 aromatic rings. The topological polar surface area (TPSA) is 54.9 Å². The monoisotopic (exact) mass is 353 g/mol. The van der Waals surface area contributed by atoms with Gasteiger partial charge in [0, 0.05) is 44.9 Å². The van der Waals surface area contributed by atoms with E-state index in [9.17, 15) is 4.79 Å². The van der Waals surface area contributed by atoms with E-state index in [4.69, 9.17) is 9.47 Å². The summed E-state index contributed by atoms with van der Waals surface area (Å²) in [7, 11) is 1.78. The molecule has 2 aliphatic rings. The lowest BCUT2D eigenvalue weighted by atomic mass is 10.0. The smallest absolute Gasteiger partial charge is 0.259 e. The zero-order valence-corrected chi connectivity index (χ0v) is 14.9. The first-order valence-electron chi connectivity index (χ1n) is 8.98. The quantitative estimate of drug-likeness (QED) is 0.849. The van der Waals surface area contributed by atoms with Gasteiger partial charge in [-0.1, -0.05) is 18.2 Å². The van der Waals surface area contributed by atoms with E-state index in [1.807, 2.05) is 42.6 Å². The molecule has 1 amide bonds. The van der Waals surface area contributed by atoms with Crippen molar-refractivity contribution in [2.45, 2.75) is 18.6 Å². The van der Waals surface area contributed by atoms with Gasteiger partial charge < -0.3 is 19.3 Å². The van der Waals surface area contributed by atoms with E-state index in [2.05, 4.69) is 9.88 Å². The Hall–Kier alpha value is -2.44. The van der Waals surface area contributed by atoms with Crippen LogP contribution in [0.5, 0.6) is 0 Å². The van der Waals surface area contributed by atoms with Crippen LogP contribution in [-0.4, -0.2) is 50.0 Å². The van der Waals surface area contributed by atoms with Crippen LogP contribution in [0.3, 0.4) is 0 Å². The summed E-state index contributed by atoms with van der Waals surface area (Å²) in [6, 6.07) is 11.5. The number of carbonyl (C=O) groups is 1. The average molecular weight is 353 g/mol. The zero-order chi connectivity index (χ0) is 18.0. The molecule has 0 unspecified atom stereocenters. The highest BCUT2D eigenvalue weighted by molar-refractivity contribution is 6.06. The first-order chi connectivity index (χ1) is 12.7. The van der Waals surface area contributed by atoms with E-state index >= 15 is 0 Å². The first-order valence-corrected chi connectivity index (χ1v) is 8.98. The summed E-state index contributed by atoms with van der Waals surface area (Å²) >= 11 is 0. The molecular weight excluding hydrogens is 330 g/mol. The summed E-state index contributed by atoms with van der Waals surface area (Å²) in [6.07, 6.45) is 5.09. The van der Waals surface area contributed by atoms with Crippen molar-refractivity contribution < 1.29 is 14.3 Å². The van der Waals surface area contributed by atoms with Crippen LogP contribution in [-0.2, 0) is 9.47 Å². The van der Waals surface area contributed by atoms with Crippen molar-refractivity contribution in [2.75, 3.05) is 43.2 Å². The Morgan fingerprint density at radius 3 is 2.50 bits per heavy atom. The van der Waals surface area contributed by atoms with E-state index in [1.54, 1.807) is 18.1 Å². The molecule has 0 bridgehead atoms. The molecule has 6 nitrogen and oxygen atoms in total. The molecule has 136 valence electrons. The Morgan fingerprint density at radius 2 is 1.81 bits per heavy atom. The van der Waals surface area contributed by atoms with Crippen LogP contribution in [0.1, 0.15) is 23.2 Å². The number of carbonyl (C=O) groups excluding carboxylic acids is 1. The van der Waals surface area contributed by atoms with Gasteiger partial charge in [-0.3, -0.25) is 9.78 Å². The van der Waals surface area contributed by atoms with Crippen LogP contribution in [0.25, 0.3) is 0 Å². The lowest BCUT2D eigenvalue weighted by molar-refractivity contribution is -0.169. The average Bonchev–Trinajstić information content (AvgIpc) is 3.16. The van der Waals surface area contributed by atoms with Crippen molar-refractivity contribution in [3.05, 3.63) is 54.4 Å². The second-order valence-corrected chi connectivity index (χ2v) is 6.73. The van der Waals surface area contributed by atoms with Crippen LogP contribution >= 0.6 is 0 Å². The summed E-state index contributed by atoms with van der Waals surface area (Å²) in [5, 5.41) is 0. The maximum atomic E-state index is 12.8. The van der Waals surface area contributed by atoms with Gasteiger partial charge in [0.05, 0.1) is 30.7 Å². The van der Waals surface area contributed by atoms with E-state index in [0.29, 0.717) is 18.8 Å². The highest BCUT2D eigenvalue weighted by Gasteiger charge is 2.39. The van der Waals surface area contributed by atoms with E-state index in [-0.39, 0.29) is 5.91 Å². The van der Waals surface area contributed by atoms with Crippen LogP contribution in [0.15, 0.2) is 48.8 Å². The number of nitrogens with zero attached hydrogens (tertiary/aromatic N) is 3. The van der Waals surface area contributed by atoms with Crippen molar-refractivity contribution in [3.8, 4) is 0 Å². The largest absolute Gasteiger partial charge is 0.370 e. The number of para-hydroxylation sites is 1. The fourth-order valence-corrected chi connectivity index (χ4v) is 3.57. The molecule has 3 heterocycles. The fourth-order valence-electron chi connectivity index (χ4n) is 3.57. The van der Waals surface area contributed by atoms with Crippen LogP contribution in [0, 0.1) is 0 Å². The van der Waals surface area contributed by atoms with E-state index in [0.717, 1.165) is 37.3 Å². The number of amides is 1. The van der Waals surface area contributed by atoms with Gasteiger partial charge in [-0.25, -0.2) is 0 Å². The lowest BCUT2D eigenvalue weighted by Crippen LogP contribution is -2.45. The first kappa shape index (κ1) is 17.0. The number of hydrogen-bond donors (Lipinski definition) is 0. The van der Waals surface area contributed by atoms with Gasteiger partial charge in [0.25, 0.3) is 5.91 Å². The third-order valence-electron chi connectivity index (χ3n) is 5.12. The van der Waals surface area contributed by atoms with Gasteiger partial charge in [0.15, 0.2) is 5.79 Å². The molecule has 26 heavy (non-hydrogen) atoms. The number of ether oxygens (including phenoxy) is 2. The standard InChI is InChI=1S/C20H23N3O3/c1-22(17-5-3-2-4-6-17)19(24)16-13-18(15-21-14-16)23-9-7-20(8-10-23)25-11-12-26-20/h2-6,13-15H,7-12H2,1H3. The van der Waals surface area contributed by atoms with Crippen molar-refractivity contribution >= 4 is 17.3 Å². The van der Waals surface area contributed by atoms with Crippen molar-refractivity contribution in [1.29, 1.82) is 0 Å². The predicted octanol–water partition coefficient (Wildman–Crippen LogP) is 2.70. The van der Waals surface area contributed by atoms with Crippen LogP contribution in [0.4, 0.5) is 11.4 Å². The third kappa shape index (κ3) is 3.30. The maximum Gasteiger partial charge on any atom is 0.259 e.